The van der Waals surface area contributed by atoms with E-state index in [2.05, 4.69) is 35.3 Å². The van der Waals surface area contributed by atoms with Gasteiger partial charge in [-0.25, -0.2) is 15.0 Å². The van der Waals surface area contributed by atoms with Gasteiger partial charge in [-0.15, -0.1) is 0 Å². The van der Waals surface area contributed by atoms with Gasteiger partial charge in [-0.05, 0) is 29.3 Å². The number of para-hydroxylation sites is 2. The highest BCUT2D eigenvalue weighted by molar-refractivity contribution is 5.85. The molecule has 0 fully saturated rings. The highest BCUT2D eigenvalue weighted by Gasteiger charge is 2.12. The van der Waals surface area contributed by atoms with Crippen molar-refractivity contribution in [1.29, 1.82) is 0 Å². The zero-order valence-electron chi connectivity index (χ0n) is 12.9. The molecule has 0 aliphatic carbocycles. The summed E-state index contributed by atoms with van der Waals surface area (Å²) < 4.78 is 2.03. The summed E-state index contributed by atoms with van der Waals surface area (Å²) in [5.74, 6) is 0. The first kappa shape index (κ1) is 13.2. The molecule has 24 heavy (non-hydrogen) atoms. The first-order valence-electron chi connectivity index (χ1n) is 7.95. The minimum Gasteiger partial charge on any atom is -0.282 e. The van der Waals surface area contributed by atoms with Crippen molar-refractivity contribution < 1.29 is 0 Å². The molecule has 0 bridgehead atoms. The van der Waals surface area contributed by atoms with E-state index in [1.165, 1.54) is 11.1 Å². The van der Waals surface area contributed by atoms with Crippen LogP contribution in [0.3, 0.4) is 0 Å². The Morgan fingerprint density at radius 3 is 2.25 bits per heavy atom. The summed E-state index contributed by atoms with van der Waals surface area (Å²) in [7, 11) is 0. The number of rotatable bonds is 2. The van der Waals surface area contributed by atoms with Gasteiger partial charge in [0.2, 0.25) is 0 Å². The number of hydrogen-bond donors (Lipinski definition) is 0. The van der Waals surface area contributed by atoms with E-state index < -0.39 is 0 Å². The molecule has 5 rings (SSSR count). The summed E-state index contributed by atoms with van der Waals surface area (Å²) in [4.78, 5) is 14.2. The Labute approximate surface area is 138 Å². The Bertz CT molecular complexity index is 1180. The molecule has 0 unspecified atom stereocenters. The lowest BCUT2D eigenvalue weighted by Crippen LogP contribution is -1.94. The van der Waals surface area contributed by atoms with Gasteiger partial charge in [0.1, 0.15) is 5.65 Å². The second-order valence-electron chi connectivity index (χ2n) is 5.86. The lowest BCUT2D eigenvalue weighted by atomic mass is 10.1. The molecule has 5 aromatic rings. The third-order valence-electron chi connectivity index (χ3n) is 4.26. The molecular formula is C20H14N4. The van der Waals surface area contributed by atoms with Gasteiger partial charge < -0.3 is 0 Å². The molecule has 0 aliphatic heterocycles. The number of imidazole rings is 1. The van der Waals surface area contributed by atoms with Gasteiger partial charge in [0.15, 0.2) is 11.3 Å². The third-order valence-corrected chi connectivity index (χ3v) is 4.26. The van der Waals surface area contributed by atoms with E-state index in [1.807, 2.05) is 47.0 Å². The van der Waals surface area contributed by atoms with Crippen molar-refractivity contribution in [2.45, 2.75) is 6.42 Å². The maximum atomic E-state index is 4.75. The molecule has 0 saturated carbocycles. The molecule has 2 aromatic carbocycles. The predicted octanol–water partition coefficient (Wildman–Crippen LogP) is 4.02. The van der Waals surface area contributed by atoms with Crippen LogP contribution in [0.4, 0.5) is 0 Å². The molecule has 4 heteroatoms. The van der Waals surface area contributed by atoms with Crippen LogP contribution in [-0.2, 0) is 6.42 Å². The van der Waals surface area contributed by atoms with Crippen LogP contribution in [-0.4, -0.2) is 19.4 Å². The summed E-state index contributed by atoms with van der Waals surface area (Å²) in [5.41, 5.74) is 6.62. The van der Waals surface area contributed by atoms with Crippen molar-refractivity contribution in [2.24, 2.45) is 0 Å². The van der Waals surface area contributed by atoms with Crippen LogP contribution >= 0.6 is 0 Å². The molecule has 114 valence electrons. The molecule has 0 atom stereocenters. The van der Waals surface area contributed by atoms with E-state index >= 15 is 0 Å². The monoisotopic (exact) mass is 310 g/mol. The van der Waals surface area contributed by atoms with Gasteiger partial charge in [-0.1, -0.05) is 48.5 Å². The SMILES string of the molecule is c1ccc(Cc2cccn3c2nc2nc4ccccc4nc23)cc1. The van der Waals surface area contributed by atoms with E-state index in [0.29, 0.717) is 5.65 Å². The van der Waals surface area contributed by atoms with Crippen molar-refractivity contribution in [3.05, 3.63) is 84.1 Å². The highest BCUT2D eigenvalue weighted by Crippen LogP contribution is 2.21. The van der Waals surface area contributed by atoms with Crippen molar-refractivity contribution in [2.75, 3.05) is 0 Å². The summed E-state index contributed by atoms with van der Waals surface area (Å²) in [6, 6.07) is 22.5. The minimum atomic E-state index is 0.689. The Morgan fingerprint density at radius 1 is 0.667 bits per heavy atom. The second-order valence-corrected chi connectivity index (χ2v) is 5.86. The molecule has 4 nitrogen and oxygen atoms in total. The predicted molar refractivity (Wildman–Crippen MR) is 95.0 cm³/mol. The van der Waals surface area contributed by atoms with Crippen LogP contribution < -0.4 is 0 Å². The molecule has 0 radical (unpaired) electrons. The standard InChI is InChI=1S/C20H14N4/c1-2-7-14(8-3-1)13-15-9-6-12-24-19(15)23-18-20(24)22-17-11-5-4-10-16(17)21-18/h1-12H,13H2. The van der Waals surface area contributed by atoms with Crippen LogP contribution in [0, 0.1) is 0 Å². The third kappa shape index (κ3) is 2.04. The second kappa shape index (κ2) is 5.13. The average Bonchev–Trinajstić information content (AvgIpc) is 2.99. The molecule has 0 spiro atoms. The topological polar surface area (TPSA) is 43.1 Å². The fourth-order valence-electron chi connectivity index (χ4n) is 3.11. The summed E-state index contributed by atoms with van der Waals surface area (Å²) in [5, 5.41) is 0. The van der Waals surface area contributed by atoms with Gasteiger partial charge in [-0.2, -0.15) is 0 Å². The molecule has 0 N–H and O–H groups in total. The van der Waals surface area contributed by atoms with Crippen LogP contribution in [0.5, 0.6) is 0 Å². The first-order chi connectivity index (χ1) is 11.9. The van der Waals surface area contributed by atoms with Crippen molar-refractivity contribution in [3.8, 4) is 0 Å². The molecule has 0 aliphatic rings. The van der Waals surface area contributed by atoms with Crippen molar-refractivity contribution in [1.82, 2.24) is 19.4 Å². The van der Waals surface area contributed by atoms with Crippen LogP contribution in [0.1, 0.15) is 11.1 Å². The van der Waals surface area contributed by atoms with Crippen LogP contribution in [0.2, 0.25) is 0 Å². The van der Waals surface area contributed by atoms with Crippen LogP contribution in [0.25, 0.3) is 28.0 Å². The lowest BCUT2D eigenvalue weighted by Gasteiger charge is -2.04. The Hall–Kier alpha value is -3.27. The van der Waals surface area contributed by atoms with Gasteiger partial charge in [0.05, 0.1) is 11.0 Å². The molecule has 0 amide bonds. The normalized spacial score (nSPS) is 11.5. The van der Waals surface area contributed by atoms with E-state index in [9.17, 15) is 0 Å². The zero-order valence-corrected chi connectivity index (χ0v) is 12.9. The molecule has 0 saturated heterocycles. The smallest absolute Gasteiger partial charge is 0.198 e. The molecule has 3 aromatic heterocycles. The van der Waals surface area contributed by atoms with E-state index in [0.717, 1.165) is 28.7 Å². The van der Waals surface area contributed by atoms with Gasteiger partial charge in [0.25, 0.3) is 0 Å². The fraction of sp³-hybridized carbons (Fsp3) is 0.0500. The van der Waals surface area contributed by atoms with Gasteiger partial charge in [0, 0.05) is 12.6 Å². The number of aromatic nitrogens is 4. The average molecular weight is 310 g/mol. The number of fused-ring (bicyclic) bond motifs is 4. The van der Waals surface area contributed by atoms with E-state index in [1.54, 1.807) is 0 Å². The summed E-state index contributed by atoms with van der Waals surface area (Å²) in [6.45, 7) is 0. The number of benzene rings is 2. The minimum absolute atomic E-state index is 0.689. The number of pyridine rings is 1. The summed E-state index contributed by atoms with van der Waals surface area (Å²) >= 11 is 0. The van der Waals surface area contributed by atoms with Crippen LogP contribution in [0.15, 0.2) is 72.9 Å². The van der Waals surface area contributed by atoms with E-state index in [4.69, 9.17) is 9.97 Å². The van der Waals surface area contributed by atoms with Gasteiger partial charge in [-0.3, -0.25) is 4.40 Å². The quantitative estimate of drug-likeness (QED) is 0.494. The Kier molecular flexibility index (Phi) is 2.82. The first-order valence-corrected chi connectivity index (χ1v) is 7.95. The fourth-order valence-corrected chi connectivity index (χ4v) is 3.11. The number of hydrogen-bond acceptors (Lipinski definition) is 3. The maximum absolute atomic E-state index is 4.75. The number of nitrogens with zero attached hydrogens (tertiary/aromatic N) is 4. The highest BCUT2D eigenvalue weighted by atomic mass is 15.1. The lowest BCUT2D eigenvalue weighted by molar-refractivity contribution is 1.12. The molecule has 3 heterocycles. The summed E-state index contributed by atoms with van der Waals surface area (Å²) in [6.07, 6.45) is 2.84. The Balaban J connectivity index is 1.76. The van der Waals surface area contributed by atoms with E-state index in [-0.39, 0.29) is 0 Å². The van der Waals surface area contributed by atoms with Crippen molar-refractivity contribution >= 4 is 28.0 Å². The molecular weight excluding hydrogens is 296 g/mol. The van der Waals surface area contributed by atoms with Crippen molar-refractivity contribution in [3.63, 3.8) is 0 Å². The maximum Gasteiger partial charge on any atom is 0.198 e. The largest absolute Gasteiger partial charge is 0.282 e. The van der Waals surface area contributed by atoms with Gasteiger partial charge >= 0.3 is 0 Å². The Morgan fingerprint density at radius 2 is 1.42 bits per heavy atom. The zero-order chi connectivity index (χ0) is 15.9.